The van der Waals surface area contributed by atoms with Crippen LogP contribution in [0.3, 0.4) is 0 Å². The van der Waals surface area contributed by atoms with Gasteiger partial charge in [-0.1, -0.05) is 6.07 Å². The molecule has 35 heavy (non-hydrogen) atoms. The predicted octanol–water partition coefficient (Wildman–Crippen LogP) is 5.22. The molecule has 0 unspecified atom stereocenters. The molecule has 0 radical (unpaired) electrons. The van der Waals surface area contributed by atoms with E-state index in [-0.39, 0.29) is 0 Å². The summed E-state index contributed by atoms with van der Waals surface area (Å²) in [5, 5.41) is 14.9. The van der Waals surface area contributed by atoms with E-state index in [2.05, 4.69) is 50.1 Å². The lowest BCUT2D eigenvalue weighted by Crippen LogP contribution is -2.32. The fraction of sp³-hybridized carbons (Fsp3) is 0.370. The molecule has 4 heterocycles. The Balaban J connectivity index is 1.34. The largest absolute Gasteiger partial charge is 0.384 e. The monoisotopic (exact) mass is 486 g/mol. The summed E-state index contributed by atoms with van der Waals surface area (Å²) in [6, 6.07) is 16.5. The first kappa shape index (κ1) is 22.4. The Morgan fingerprint density at radius 3 is 2.51 bits per heavy atom. The lowest BCUT2D eigenvalue weighted by atomic mass is 10.1. The van der Waals surface area contributed by atoms with Gasteiger partial charge in [0.1, 0.15) is 11.4 Å². The summed E-state index contributed by atoms with van der Waals surface area (Å²) in [6.07, 6.45) is 4.22. The summed E-state index contributed by atoms with van der Waals surface area (Å²) in [4.78, 5) is 16.7. The van der Waals surface area contributed by atoms with Crippen LogP contribution >= 0.6 is 11.8 Å². The van der Waals surface area contributed by atoms with Gasteiger partial charge in [-0.25, -0.2) is 9.97 Å². The van der Waals surface area contributed by atoms with Gasteiger partial charge in [-0.05, 0) is 75.1 Å². The lowest BCUT2D eigenvalue weighted by molar-refractivity contribution is 0.0738. The number of fused-ring (bicyclic) bond motifs is 1. The third-order valence-corrected chi connectivity index (χ3v) is 7.60. The summed E-state index contributed by atoms with van der Waals surface area (Å²) >= 11 is 2.02. The molecule has 1 aliphatic carbocycles. The molecule has 7 nitrogen and oxygen atoms in total. The second-order valence-corrected chi connectivity index (χ2v) is 11.1. The molecule has 1 saturated heterocycles. The number of thioether (sulfide) groups is 1. The number of aliphatic hydroxyl groups is 1. The standard InChI is InChI=1S/C27H30N6OS/c1-27(2,34)23-4-3-5-24(30-23)33-22(18-6-7-18)16-19-17-28-26(31-25(19)33)29-20-8-10-21(11-9-20)32-12-14-35-15-13-32/h3-5,8-11,16-18,34H,6-7,12-15H2,1-2H3,(H,28,29,31). The highest BCUT2D eigenvalue weighted by atomic mass is 32.2. The van der Waals surface area contributed by atoms with E-state index in [9.17, 15) is 5.11 Å². The zero-order chi connectivity index (χ0) is 24.0. The number of nitrogens with zero attached hydrogens (tertiary/aromatic N) is 5. The van der Waals surface area contributed by atoms with Crippen molar-refractivity contribution in [3.8, 4) is 5.82 Å². The molecular formula is C27H30N6OS. The Labute approximate surface area is 209 Å². The molecule has 0 spiro atoms. The molecule has 6 rings (SSSR count). The van der Waals surface area contributed by atoms with Gasteiger partial charge in [-0.3, -0.25) is 4.57 Å². The topological polar surface area (TPSA) is 79.1 Å². The van der Waals surface area contributed by atoms with Gasteiger partial charge in [0.15, 0.2) is 5.65 Å². The predicted molar refractivity (Wildman–Crippen MR) is 143 cm³/mol. The van der Waals surface area contributed by atoms with Crippen LogP contribution < -0.4 is 10.2 Å². The first-order chi connectivity index (χ1) is 17.0. The van der Waals surface area contributed by atoms with Gasteiger partial charge in [0.05, 0.1) is 5.69 Å². The molecule has 1 saturated carbocycles. The van der Waals surface area contributed by atoms with Gasteiger partial charge >= 0.3 is 0 Å². The van der Waals surface area contributed by atoms with Crippen LogP contribution in [-0.4, -0.2) is 49.2 Å². The normalized spacial score (nSPS) is 16.6. The van der Waals surface area contributed by atoms with Gasteiger partial charge < -0.3 is 15.3 Å². The van der Waals surface area contributed by atoms with Gasteiger partial charge in [-0.15, -0.1) is 0 Å². The molecule has 1 aromatic carbocycles. The minimum Gasteiger partial charge on any atom is -0.384 e. The summed E-state index contributed by atoms with van der Waals surface area (Å²) < 4.78 is 2.13. The van der Waals surface area contributed by atoms with Gasteiger partial charge in [0.25, 0.3) is 0 Å². The van der Waals surface area contributed by atoms with Crippen molar-refractivity contribution in [1.29, 1.82) is 0 Å². The van der Waals surface area contributed by atoms with Crippen molar-refractivity contribution in [1.82, 2.24) is 19.5 Å². The molecule has 0 amide bonds. The van der Waals surface area contributed by atoms with Crippen LogP contribution in [0.25, 0.3) is 16.9 Å². The average Bonchev–Trinajstić information content (AvgIpc) is 3.65. The molecule has 0 atom stereocenters. The third-order valence-electron chi connectivity index (χ3n) is 6.65. The minimum absolute atomic E-state index is 0.508. The zero-order valence-electron chi connectivity index (χ0n) is 20.1. The van der Waals surface area contributed by atoms with Crippen LogP contribution in [-0.2, 0) is 5.60 Å². The number of anilines is 3. The highest BCUT2D eigenvalue weighted by molar-refractivity contribution is 7.99. The Hall–Kier alpha value is -3.10. The van der Waals surface area contributed by atoms with E-state index in [0.717, 1.165) is 35.6 Å². The smallest absolute Gasteiger partial charge is 0.229 e. The highest BCUT2D eigenvalue weighted by Gasteiger charge is 2.30. The summed E-state index contributed by atoms with van der Waals surface area (Å²) in [6.45, 7) is 5.71. The van der Waals surface area contributed by atoms with Crippen molar-refractivity contribution in [3.05, 3.63) is 66.1 Å². The fourth-order valence-electron chi connectivity index (χ4n) is 4.58. The number of nitrogens with one attached hydrogen (secondary N) is 1. The molecule has 2 aliphatic rings. The Morgan fingerprint density at radius 2 is 1.80 bits per heavy atom. The molecule has 1 aliphatic heterocycles. The third kappa shape index (κ3) is 4.60. The number of pyridine rings is 1. The average molecular weight is 487 g/mol. The van der Waals surface area contributed by atoms with E-state index >= 15 is 0 Å². The van der Waals surface area contributed by atoms with E-state index in [4.69, 9.17) is 9.97 Å². The lowest BCUT2D eigenvalue weighted by Gasteiger charge is -2.28. The molecular weight excluding hydrogens is 456 g/mol. The van der Waals surface area contributed by atoms with Crippen molar-refractivity contribution in [2.75, 3.05) is 34.8 Å². The highest BCUT2D eigenvalue weighted by Crippen LogP contribution is 2.43. The van der Waals surface area contributed by atoms with E-state index in [1.807, 2.05) is 36.2 Å². The van der Waals surface area contributed by atoms with Crippen LogP contribution in [0.1, 0.15) is 44.0 Å². The summed E-state index contributed by atoms with van der Waals surface area (Å²) in [5.41, 5.74) is 3.87. The van der Waals surface area contributed by atoms with E-state index in [1.54, 1.807) is 13.8 Å². The molecule has 0 bridgehead atoms. The van der Waals surface area contributed by atoms with Crippen LogP contribution in [0.5, 0.6) is 0 Å². The van der Waals surface area contributed by atoms with Crippen molar-refractivity contribution in [2.24, 2.45) is 0 Å². The minimum atomic E-state index is -1.01. The Bertz CT molecular complexity index is 1350. The van der Waals surface area contributed by atoms with Crippen LogP contribution in [0.4, 0.5) is 17.3 Å². The fourth-order valence-corrected chi connectivity index (χ4v) is 5.49. The number of rotatable bonds is 6. The van der Waals surface area contributed by atoms with E-state index in [1.165, 1.54) is 35.7 Å². The SMILES string of the molecule is CC(C)(O)c1cccc(-n2c(C3CC3)cc3cnc(Nc4ccc(N5CCSCC5)cc4)nc32)n1. The summed E-state index contributed by atoms with van der Waals surface area (Å²) in [7, 11) is 0. The maximum Gasteiger partial charge on any atom is 0.229 e. The number of benzene rings is 1. The molecule has 4 aromatic rings. The van der Waals surface area contributed by atoms with Crippen molar-refractivity contribution < 1.29 is 5.11 Å². The number of hydrogen-bond donors (Lipinski definition) is 2. The summed E-state index contributed by atoms with van der Waals surface area (Å²) in [5.74, 6) is 4.21. The maximum atomic E-state index is 10.5. The molecule has 2 N–H and O–H groups in total. The second kappa shape index (κ2) is 8.84. The van der Waals surface area contributed by atoms with E-state index < -0.39 is 5.60 Å². The second-order valence-electron chi connectivity index (χ2n) is 9.86. The molecule has 2 fully saturated rings. The quantitative estimate of drug-likeness (QED) is 0.387. The van der Waals surface area contributed by atoms with Gasteiger partial charge in [0, 0.05) is 53.2 Å². The first-order valence-corrected chi connectivity index (χ1v) is 13.4. The zero-order valence-corrected chi connectivity index (χ0v) is 20.9. The van der Waals surface area contributed by atoms with Crippen LogP contribution in [0.15, 0.2) is 54.7 Å². The Kier molecular flexibility index (Phi) is 5.65. The van der Waals surface area contributed by atoms with Crippen LogP contribution in [0.2, 0.25) is 0 Å². The van der Waals surface area contributed by atoms with Crippen molar-refractivity contribution >= 4 is 40.1 Å². The van der Waals surface area contributed by atoms with Crippen molar-refractivity contribution in [3.63, 3.8) is 0 Å². The molecule has 180 valence electrons. The Morgan fingerprint density at radius 1 is 1.03 bits per heavy atom. The molecule has 8 heteroatoms. The van der Waals surface area contributed by atoms with Gasteiger partial charge in [-0.2, -0.15) is 16.7 Å². The number of hydrogen-bond acceptors (Lipinski definition) is 7. The molecule has 3 aromatic heterocycles. The maximum absolute atomic E-state index is 10.5. The number of aromatic nitrogens is 4. The van der Waals surface area contributed by atoms with Crippen LogP contribution in [0, 0.1) is 0 Å². The first-order valence-electron chi connectivity index (χ1n) is 12.2. The van der Waals surface area contributed by atoms with E-state index in [0.29, 0.717) is 17.6 Å². The van der Waals surface area contributed by atoms with Crippen molar-refractivity contribution in [2.45, 2.75) is 38.2 Å². The van der Waals surface area contributed by atoms with Gasteiger partial charge in [0.2, 0.25) is 5.95 Å².